The normalized spacial score (nSPS) is 11.0. The van der Waals surface area contributed by atoms with Gasteiger partial charge in [-0.2, -0.15) is 0 Å². The van der Waals surface area contributed by atoms with Gasteiger partial charge in [-0.05, 0) is 61.1 Å². The summed E-state index contributed by atoms with van der Waals surface area (Å²) in [6.07, 6.45) is 3.21. The fourth-order valence-electron chi connectivity index (χ4n) is 2.20. The van der Waals surface area contributed by atoms with Gasteiger partial charge in [-0.15, -0.1) is 0 Å². The van der Waals surface area contributed by atoms with Crippen LogP contribution in [-0.2, 0) is 12.8 Å². The van der Waals surface area contributed by atoms with Gasteiger partial charge in [-0.25, -0.2) is 0 Å². The van der Waals surface area contributed by atoms with Gasteiger partial charge >= 0.3 is 0 Å². The van der Waals surface area contributed by atoms with Crippen LogP contribution in [-0.4, -0.2) is 11.2 Å². The van der Waals surface area contributed by atoms with Crippen molar-refractivity contribution < 1.29 is 5.11 Å². The molecule has 0 saturated heterocycles. The van der Waals surface area contributed by atoms with Crippen molar-refractivity contribution in [2.45, 2.75) is 31.8 Å². The van der Waals surface area contributed by atoms with E-state index in [-0.39, 0.29) is 6.10 Å². The fourth-order valence-corrected chi connectivity index (χ4v) is 3.09. The summed E-state index contributed by atoms with van der Waals surface area (Å²) in [6, 6.07) is 16.5. The topological polar surface area (TPSA) is 20.2 Å². The molecule has 0 aromatic heterocycles. The third-order valence-corrected chi connectivity index (χ3v) is 4.30. The van der Waals surface area contributed by atoms with Crippen LogP contribution in [0.15, 0.2) is 57.5 Å². The van der Waals surface area contributed by atoms with Gasteiger partial charge in [0.25, 0.3) is 0 Å². The van der Waals surface area contributed by atoms with Crippen molar-refractivity contribution in [3.05, 3.63) is 68.6 Å². The largest absolute Gasteiger partial charge is 0.393 e. The molecule has 0 unspecified atom stereocenters. The molecule has 0 heterocycles. The van der Waals surface area contributed by atoms with Gasteiger partial charge in [0.1, 0.15) is 0 Å². The Bertz CT molecular complexity index is 505. The van der Waals surface area contributed by atoms with E-state index in [4.69, 9.17) is 0 Å². The molecule has 0 aliphatic heterocycles. The molecule has 2 aromatic rings. The molecule has 0 amide bonds. The number of hydrogen-bond donors (Lipinski definition) is 1. The second kappa shape index (κ2) is 7.96. The molecule has 20 heavy (non-hydrogen) atoms. The van der Waals surface area contributed by atoms with E-state index in [0.717, 1.165) is 34.6 Å². The Morgan fingerprint density at radius 2 is 1.25 bits per heavy atom. The lowest BCUT2D eigenvalue weighted by atomic mass is 10.0. The SMILES string of the molecule is OC(CCc1cccc(Br)c1)CCc1cccc(Br)c1. The number of hydrogen-bond acceptors (Lipinski definition) is 1. The molecular formula is C17H18Br2O. The molecular weight excluding hydrogens is 380 g/mol. The van der Waals surface area contributed by atoms with Crippen molar-refractivity contribution in [3.63, 3.8) is 0 Å². The zero-order valence-electron chi connectivity index (χ0n) is 11.2. The zero-order chi connectivity index (χ0) is 14.4. The van der Waals surface area contributed by atoms with Gasteiger partial charge < -0.3 is 5.11 Å². The maximum atomic E-state index is 10.1. The summed E-state index contributed by atoms with van der Waals surface area (Å²) in [5, 5.41) is 10.1. The zero-order valence-corrected chi connectivity index (χ0v) is 14.4. The van der Waals surface area contributed by atoms with Crippen molar-refractivity contribution >= 4 is 31.9 Å². The van der Waals surface area contributed by atoms with Gasteiger partial charge in [-0.3, -0.25) is 0 Å². The minimum Gasteiger partial charge on any atom is -0.393 e. The molecule has 2 aromatic carbocycles. The minimum atomic E-state index is -0.243. The highest BCUT2D eigenvalue weighted by Crippen LogP contribution is 2.17. The fraction of sp³-hybridized carbons (Fsp3) is 0.294. The Morgan fingerprint density at radius 1 is 0.800 bits per heavy atom. The Balaban J connectivity index is 1.77. The molecule has 1 N–H and O–H groups in total. The van der Waals surface area contributed by atoms with E-state index >= 15 is 0 Å². The van der Waals surface area contributed by atoms with Gasteiger partial charge in [0.15, 0.2) is 0 Å². The number of benzene rings is 2. The third-order valence-electron chi connectivity index (χ3n) is 3.31. The highest BCUT2D eigenvalue weighted by atomic mass is 79.9. The van der Waals surface area contributed by atoms with E-state index in [1.165, 1.54) is 11.1 Å². The highest BCUT2D eigenvalue weighted by molar-refractivity contribution is 9.10. The smallest absolute Gasteiger partial charge is 0.0546 e. The average Bonchev–Trinajstić information content (AvgIpc) is 2.43. The molecule has 0 aliphatic rings. The highest BCUT2D eigenvalue weighted by Gasteiger charge is 2.06. The van der Waals surface area contributed by atoms with Crippen molar-refractivity contribution in [2.75, 3.05) is 0 Å². The molecule has 0 radical (unpaired) electrons. The van der Waals surface area contributed by atoms with Crippen LogP contribution in [0.4, 0.5) is 0 Å². The van der Waals surface area contributed by atoms with Crippen LogP contribution in [0, 0.1) is 0 Å². The molecule has 0 aliphatic carbocycles. The number of aliphatic hydroxyl groups excluding tert-OH is 1. The van der Waals surface area contributed by atoms with Crippen LogP contribution < -0.4 is 0 Å². The van der Waals surface area contributed by atoms with E-state index in [1.54, 1.807) is 0 Å². The second-order valence-corrected chi connectivity index (χ2v) is 6.82. The van der Waals surface area contributed by atoms with Crippen LogP contribution in [0.2, 0.25) is 0 Å². The third kappa shape index (κ3) is 5.39. The van der Waals surface area contributed by atoms with Crippen LogP contribution in [0.3, 0.4) is 0 Å². The molecule has 3 heteroatoms. The lowest BCUT2D eigenvalue weighted by Crippen LogP contribution is -2.09. The summed E-state index contributed by atoms with van der Waals surface area (Å²) in [5.41, 5.74) is 2.53. The summed E-state index contributed by atoms with van der Waals surface area (Å²) >= 11 is 6.94. The van der Waals surface area contributed by atoms with Crippen molar-refractivity contribution in [3.8, 4) is 0 Å². The Kier molecular flexibility index (Phi) is 6.27. The van der Waals surface area contributed by atoms with Crippen LogP contribution in [0.1, 0.15) is 24.0 Å². The Labute approximate surface area is 137 Å². The predicted molar refractivity (Wildman–Crippen MR) is 90.9 cm³/mol. The van der Waals surface area contributed by atoms with Crippen molar-refractivity contribution in [1.29, 1.82) is 0 Å². The number of halogens is 2. The van der Waals surface area contributed by atoms with Crippen molar-refractivity contribution in [2.24, 2.45) is 0 Å². The second-order valence-electron chi connectivity index (χ2n) is 4.99. The Hall–Kier alpha value is -0.640. The van der Waals surface area contributed by atoms with E-state index in [9.17, 15) is 5.11 Å². The van der Waals surface area contributed by atoms with E-state index in [1.807, 2.05) is 24.3 Å². The van der Waals surface area contributed by atoms with E-state index < -0.39 is 0 Å². The van der Waals surface area contributed by atoms with E-state index in [0.29, 0.717) is 0 Å². The average molecular weight is 398 g/mol. The molecule has 0 fully saturated rings. The summed E-state index contributed by atoms with van der Waals surface area (Å²) in [6.45, 7) is 0. The Morgan fingerprint density at radius 3 is 1.65 bits per heavy atom. The first-order valence-corrected chi connectivity index (χ1v) is 8.39. The molecule has 2 rings (SSSR count). The number of rotatable bonds is 6. The first-order chi connectivity index (χ1) is 9.63. The standard InChI is InChI=1S/C17H18Br2O/c18-15-5-1-3-13(11-15)7-9-17(20)10-8-14-4-2-6-16(19)12-14/h1-6,11-12,17,20H,7-10H2. The van der Waals surface area contributed by atoms with Crippen LogP contribution in [0.25, 0.3) is 0 Å². The quantitative estimate of drug-likeness (QED) is 0.715. The van der Waals surface area contributed by atoms with Gasteiger partial charge in [0, 0.05) is 8.95 Å². The van der Waals surface area contributed by atoms with Gasteiger partial charge in [0.05, 0.1) is 6.10 Å². The molecule has 1 nitrogen and oxygen atoms in total. The first kappa shape index (κ1) is 15.7. The van der Waals surface area contributed by atoms with Gasteiger partial charge in [0.2, 0.25) is 0 Å². The maximum Gasteiger partial charge on any atom is 0.0546 e. The van der Waals surface area contributed by atoms with Gasteiger partial charge in [-0.1, -0.05) is 56.1 Å². The van der Waals surface area contributed by atoms with E-state index in [2.05, 4.69) is 56.1 Å². The summed E-state index contributed by atoms with van der Waals surface area (Å²) in [5.74, 6) is 0. The number of aryl methyl sites for hydroxylation is 2. The first-order valence-electron chi connectivity index (χ1n) is 6.80. The van der Waals surface area contributed by atoms with Crippen LogP contribution in [0.5, 0.6) is 0 Å². The molecule has 0 saturated carbocycles. The maximum absolute atomic E-state index is 10.1. The predicted octanol–water partition coefficient (Wildman–Crippen LogP) is 5.14. The number of aliphatic hydroxyl groups is 1. The summed E-state index contributed by atoms with van der Waals surface area (Å²) in [7, 11) is 0. The molecule has 0 spiro atoms. The molecule has 0 bridgehead atoms. The van der Waals surface area contributed by atoms with Crippen molar-refractivity contribution in [1.82, 2.24) is 0 Å². The minimum absolute atomic E-state index is 0.243. The molecule has 106 valence electrons. The lowest BCUT2D eigenvalue weighted by molar-refractivity contribution is 0.155. The monoisotopic (exact) mass is 396 g/mol. The summed E-state index contributed by atoms with van der Waals surface area (Å²) < 4.78 is 2.19. The summed E-state index contributed by atoms with van der Waals surface area (Å²) in [4.78, 5) is 0. The lowest BCUT2D eigenvalue weighted by Gasteiger charge is -2.11. The van der Waals surface area contributed by atoms with Crippen LogP contribution >= 0.6 is 31.9 Å². The molecule has 0 atom stereocenters.